The normalized spacial score (nSPS) is 22.5. The van der Waals surface area contributed by atoms with E-state index in [-0.39, 0.29) is 11.8 Å². The average Bonchev–Trinajstić information content (AvgIpc) is 2.24. The van der Waals surface area contributed by atoms with E-state index in [1.165, 1.54) is 0 Å². The molecule has 0 aromatic carbocycles. The Morgan fingerprint density at radius 3 is 2.29 bits per heavy atom. The van der Waals surface area contributed by atoms with Gasteiger partial charge in [0.15, 0.2) is 0 Å². The van der Waals surface area contributed by atoms with Crippen molar-refractivity contribution in [1.29, 1.82) is 0 Å². The van der Waals surface area contributed by atoms with Gasteiger partial charge in [-0.2, -0.15) is 0 Å². The SMILES string of the molecule is CC(C)C(NC(=O)[C@H]1CCCN(C)C1)C(C)C. The van der Waals surface area contributed by atoms with Crippen LogP contribution in [0.2, 0.25) is 0 Å². The van der Waals surface area contributed by atoms with Crippen molar-refractivity contribution in [2.75, 3.05) is 20.1 Å². The van der Waals surface area contributed by atoms with Gasteiger partial charge in [0.25, 0.3) is 0 Å². The van der Waals surface area contributed by atoms with Crippen molar-refractivity contribution in [3.8, 4) is 0 Å². The lowest BCUT2D eigenvalue weighted by Crippen LogP contribution is -2.48. The molecule has 0 saturated carbocycles. The number of nitrogens with zero attached hydrogens (tertiary/aromatic N) is 1. The maximum atomic E-state index is 12.2. The summed E-state index contributed by atoms with van der Waals surface area (Å²) in [5.41, 5.74) is 0. The molecule has 1 amide bonds. The smallest absolute Gasteiger partial charge is 0.224 e. The summed E-state index contributed by atoms with van der Waals surface area (Å²) in [5.74, 6) is 1.44. The van der Waals surface area contributed by atoms with Crippen molar-refractivity contribution >= 4 is 5.91 Å². The molecule has 1 saturated heterocycles. The van der Waals surface area contributed by atoms with Crippen LogP contribution in [0.15, 0.2) is 0 Å². The van der Waals surface area contributed by atoms with Gasteiger partial charge >= 0.3 is 0 Å². The number of hydrogen-bond acceptors (Lipinski definition) is 2. The van der Waals surface area contributed by atoms with Crippen LogP contribution < -0.4 is 5.32 Å². The zero-order valence-corrected chi connectivity index (χ0v) is 12.0. The van der Waals surface area contributed by atoms with Gasteiger partial charge in [-0.25, -0.2) is 0 Å². The number of nitrogens with one attached hydrogen (secondary N) is 1. The molecule has 1 atom stereocenters. The largest absolute Gasteiger partial charge is 0.353 e. The molecule has 1 heterocycles. The van der Waals surface area contributed by atoms with Crippen LogP contribution in [0, 0.1) is 17.8 Å². The Labute approximate surface area is 106 Å². The van der Waals surface area contributed by atoms with E-state index in [0.29, 0.717) is 17.9 Å². The molecule has 1 N–H and O–H groups in total. The molecule has 3 heteroatoms. The number of hydrogen-bond donors (Lipinski definition) is 1. The summed E-state index contributed by atoms with van der Waals surface area (Å²) in [4.78, 5) is 14.5. The number of piperidine rings is 1. The highest BCUT2D eigenvalue weighted by atomic mass is 16.2. The van der Waals surface area contributed by atoms with E-state index in [1.807, 2.05) is 0 Å². The molecule has 1 fully saturated rings. The zero-order chi connectivity index (χ0) is 13.0. The topological polar surface area (TPSA) is 32.3 Å². The third kappa shape index (κ3) is 4.30. The standard InChI is InChI=1S/C14H28N2O/c1-10(2)13(11(3)4)15-14(17)12-7-6-8-16(5)9-12/h10-13H,6-9H2,1-5H3,(H,15,17)/t12-/m0/s1. The number of carbonyl (C=O) groups excluding carboxylic acids is 1. The molecule has 0 unspecified atom stereocenters. The second-order valence-corrected chi connectivity index (χ2v) is 6.12. The summed E-state index contributed by atoms with van der Waals surface area (Å²) >= 11 is 0. The van der Waals surface area contributed by atoms with Gasteiger partial charge in [-0.15, -0.1) is 0 Å². The number of likely N-dealkylation sites (tertiary alicyclic amines) is 1. The van der Waals surface area contributed by atoms with E-state index < -0.39 is 0 Å². The fourth-order valence-corrected chi connectivity index (χ4v) is 2.77. The maximum Gasteiger partial charge on any atom is 0.224 e. The van der Waals surface area contributed by atoms with E-state index in [4.69, 9.17) is 0 Å². The van der Waals surface area contributed by atoms with Gasteiger partial charge in [0, 0.05) is 12.6 Å². The summed E-state index contributed by atoms with van der Waals surface area (Å²) in [7, 11) is 2.10. The van der Waals surface area contributed by atoms with E-state index in [2.05, 4.69) is 45.0 Å². The van der Waals surface area contributed by atoms with E-state index in [9.17, 15) is 4.79 Å². The molecule has 0 bridgehead atoms. The minimum Gasteiger partial charge on any atom is -0.353 e. The fourth-order valence-electron chi connectivity index (χ4n) is 2.77. The molecular formula is C14H28N2O. The molecule has 1 rings (SSSR count). The molecule has 0 radical (unpaired) electrons. The van der Waals surface area contributed by atoms with Crippen molar-refractivity contribution in [2.24, 2.45) is 17.8 Å². The first-order valence-corrected chi connectivity index (χ1v) is 6.90. The van der Waals surface area contributed by atoms with Gasteiger partial charge in [-0.05, 0) is 38.3 Å². The Balaban J connectivity index is 2.51. The van der Waals surface area contributed by atoms with E-state index >= 15 is 0 Å². The highest BCUT2D eigenvalue weighted by Crippen LogP contribution is 2.18. The number of carbonyl (C=O) groups is 1. The van der Waals surface area contributed by atoms with Crippen molar-refractivity contribution in [2.45, 2.75) is 46.6 Å². The van der Waals surface area contributed by atoms with Crippen molar-refractivity contribution in [3.05, 3.63) is 0 Å². The average molecular weight is 240 g/mol. The predicted molar refractivity (Wildman–Crippen MR) is 71.8 cm³/mol. The highest BCUT2D eigenvalue weighted by molar-refractivity contribution is 5.79. The quantitative estimate of drug-likeness (QED) is 0.816. The Bertz CT molecular complexity index is 243. The second-order valence-electron chi connectivity index (χ2n) is 6.12. The lowest BCUT2D eigenvalue weighted by atomic mass is 9.91. The molecule has 0 spiro atoms. The summed E-state index contributed by atoms with van der Waals surface area (Å²) < 4.78 is 0. The predicted octanol–water partition coefficient (Wildman–Crippen LogP) is 2.12. The molecule has 0 aromatic heterocycles. The lowest BCUT2D eigenvalue weighted by molar-refractivity contribution is -0.127. The van der Waals surface area contributed by atoms with Gasteiger partial charge in [-0.3, -0.25) is 4.79 Å². The molecule has 100 valence electrons. The molecule has 0 aliphatic carbocycles. The molecular weight excluding hydrogens is 212 g/mol. The zero-order valence-electron chi connectivity index (χ0n) is 12.0. The van der Waals surface area contributed by atoms with Gasteiger partial charge in [0.2, 0.25) is 5.91 Å². The summed E-state index contributed by atoms with van der Waals surface area (Å²) in [6, 6.07) is 0.301. The lowest BCUT2D eigenvalue weighted by Gasteiger charge is -2.32. The highest BCUT2D eigenvalue weighted by Gasteiger charge is 2.27. The Kier molecular flexibility index (Phi) is 5.44. The van der Waals surface area contributed by atoms with Crippen LogP contribution in [0.25, 0.3) is 0 Å². The number of amides is 1. The van der Waals surface area contributed by atoms with Gasteiger partial charge in [0.05, 0.1) is 5.92 Å². The summed E-state index contributed by atoms with van der Waals surface area (Å²) in [5, 5.41) is 3.24. The van der Waals surface area contributed by atoms with Crippen LogP contribution in [0.1, 0.15) is 40.5 Å². The molecule has 0 aromatic rings. The van der Waals surface area contributed by atoms with Crippen LogP contribution in [0.4, 0.5) is 0 Å². The van der Waals surface area contributed by atoms with Gasteiger partial charge in [-0.1, -0.05) is 27.7 Å². The second kappa shape index (κ2) is 6.39. The van der Waals surface area contributed by atoms with E-state index in [0.717, 1.165) is 25.9 Å². The molecule has 1 aliphatic rings. The molecule has 1 aliphatic heterocycles. The van der Waals surface area contributed by atoms with Crippen LogP contribution >= 0.6 is 0 Å². The monoisotopic (exact) mass is 240 g/mol. The van der Waals surface area contributed by atoms with Crippen LogP contribution in [0.5, 0.6) is 0 Å². The first-order valence-electron chi connectivity index (χ1n) is 6.90. The first kappa shape index (κ1) is 14.5. The first-order chi connectivity index (χ1) is 7.91. The molecule has 3 nitrogen and oxygen atoms in total. The minimum atomic E-state index is 0.189. The summed E-state index contributed by atoms with van der Waals surface area (Å²) in [6.45, 7) is 10.8. The minimum absolute atomic E-state index is 0.189. The Morgan fingerprint density at radius 2 is 1.82 bits per heavy atom. The number of rotatable bonds is 4. The maximum absolute atomic E-state index is 12.2. The van der Waals surface area contributed by atoms with Crippen molar-refractivity contribution in [1.82, 2.24) is 10.2 Å². The van der Waals surface area contributed by atoms with Crippen LogP contribution in [0.3, 0.4) is 0 Å². The summed E-state index contributed by atoms with van der Waals surface area (Å²) in [6.07, 6.45) is 2.18. The van der Waals surface area contributed by atoms with Crippen molar-refractivity contribution in [3.63, 3.8) is 0 Å². The van der Waals surface area contributed by atoms with Gasteiger partial charge < -0.3 is 10.2 Å². The molecule has 17 heavy (non-hydrogen) atoms. The van der Waals surface area contributed by atoms with Crippen LogP contribution in [-0.4, -0.2) is 37.0 Å². The van der Waals surface area contributed by atoms with Crippen molar-refractivity contribution < 1.29 is 4.79 Å². The van der Waals surface area contributed by atoms with Gasteiger partial charge in [0.1, 0.15) is 0 Å². The van der Waals surface area contributed by atoms with E-state index in [1.54, 1.807) is 0 Å². The third-order valence-electron chi connectivity index (χ3n) is 3.74. The fraction of sp³-hybridized carbons (Fsp3) is 0.929. The van der Waals surface area contributed by atoms with Crippen LogP contribution in [-0.2, 0) is 4.79 Å². The third-order valence-corrected chi connectivity index (χ3v) is 3.74. The Hall–Kier alpha value is -0.570. The Morgan fingerprint density at radius 1 is 1.24 bits per heavy atom.